The first-order valence-corrected chi connectivity index (χ1v) is 5.15. The summed E-state index contributed by atoms with van der Waals surface area (Å²) in [6, 6.07) is 0. The molecule has 2 rings (SSSR count). The largest absolute Gasteiger partial charge is 0.460 e. The molecule has 0 N–H and O–H groups in total. The van der Waals surface area contributed by atoms with E-state index < -0.39 is 11.8 Å². The zero-order valence-electron chi connectivity index (χ0n) is 8.29. The monoisotopic (exact) mass is 194 g/mol. The zero-order chi connectivity index (χ0) is 10.1. The summed E-state index contributed by atoms with van der Waals surface area (Å²) in [7, 11) is 0. The molecular weight excluding hydrogens is 180 g/mol. The lowest BCUT2D eigenvalue weighted by atomic mass is 9.95. The van der Waals surface area contributed by atoms with Gasteiger partial charge in [0, 0.05) is 5.57 Å². The summed E-state index contributed by atoms with van der Waals surface area (Å²) in [6.45, 7) is 1.98. The van der Waals surface area contributed by atoms with Gasteiger partial charge in [-0.2, -0.15) is 0 Å². The van der Waals surface area contributed by atoms with Gasteiger partial charge in [0.2, 0.25) is 0 Å². The third kappa shape index (κ3) is 1.47. The number of rotatable bonds is 3. The van der Waals surface area contributed by atoms with Crippen molar-refractivity contribution in [2.24, 2.45) is 11.8 Å². The summed E-state index contributed by atoms with van der Waals surface area (Å²) >= 11 is 0. The Kier molecular flexibility index (Phi) is 2.40. The molecule has 2 bridgehead atoms. The van der Waals surface area contributed by atoms with Crippen molar-refractivity contribution in [3.63, 3.8) is 0 Å². The number of allylic oxidation sites excluding steroid dienone is 1. The Morgan fingerprint density at radius 2 is 2.29 bits per heavy atom. The minimum absolute atomic E-state index is 0.270. The molecule has 2 atom stereocenters. The summed E-state index contributed by atoms with van der Waals surface area (Å²) in [5, 5.41) is 0. The lowest BCUT2D eigenvalue weighted by Gasteiger charge is -2.10. The number of ketones is 1. The van der Waals surface area contributed by atoms with E-state index in [2.05, 4.69) is 0 Å². The molecule has 3 nitrogen and oxygen atoms in total. The number of Topliss-reactive ketones (excluding diaryl/α,β-unsaturated/α-hetero) is 1. The summed E-state index contributed by atoms with van der Waals surface area (Å²) in [5.74, 6) is -0.240. The highest BCUT2D eigenvalue weighted by Gasteiger charge is 2.38. The highest BCUT2D eigenvalue weighted by molar-refractivity contribution is 6.40. The first kappa shape index (κ1) is 9.44. The number of carbonyl (C=O) groups excluding carboxylic acids is 2. The quantitative estimate of drug-likeness (QED) is 0.505. The molecule has 2 aliphatic carbocycles. The number of ether oxygens (including phenoxy) is 1. The van der Waals surface area contributed by atoms with Crippen LogP contribution in [0.5, 0.6) is 0 Å². The van der Waals surface area contributed by atoms with Crippen molar-refractivity contribution in [3.05, 3.63) is 11.6 Å². The second-order valence-corrected chi connectivity index (χ2v) is 3.94. The van der Waals surface area contributed by atoms with Crippen LogP contribution in [0.4, 0.5) is 0 Å². The molecule has 2 aliphatic rings. The SMILES string of the molecule is CCOC(=O)C(=O)C1=CC2CCC1C2. The molecule has 1 fully saturated rings. The maximum Gasteiger partial charge on any atom is 0.379 e. The predicted molar refractivity (Wildman–Crippen MR) is 50.6 cm³/mol. The van der Waals surface area contributed by atoms with Crippen LogP contribution in [0, 0.1) is 11.8 Å². The van der Waals surface area contributed by atoms with Gasteiger partial charge in [0.15, 0.2) is 0 Å². The van der Waals surface area contributed by atoms with E-state index in [-0.39, 0.29) is 6.61 Å². The molecule has 0 heterocycles. The highest BCUT2D eigenvalue weighted by Crippen LogP contribution is 2.43. The third-order valence-corrected chi connectivity index (χ3v) is 3.05. The molecule has 0 radical (unpaired) electrons. The lowest BCUT2D eigenvalue weighted by Crippen LogP contribution is -2.22. The highest BCUT2D eigenvalue weighted by atomic mass is 16.5. The van der Waals surface area contributed by atoms with Gasteiger partial charge in [0.05, 0.1) is 6.61 Å². The molecule has 14 heavy (non-hydrogen) atoms. The third-order valence-electron chi connectivity index (χ3n) is 3.05. The second kappa shape index (κ2) is 3.56. The number of fused-ring (bicyclic) bond motifs is 2. The number of hydrogen-bond acceptors (Lipinski definition) is 3. The first-order valence-electron chi connectivity index (χ1n) is 5.15. The molecule has 2 unspecified atom stereocenters. The molecule has 0 spiro atoms. The molecule has 0 aromatic rings. The lowest BCUT2D eigenvalue weighted by molar-refractivity contribution is -0.152. The van der Waals surface area contributed by atoms with Crippen LogP contribution in [0.15, 0.2) is 11.6 Å². The average Bonchev–Trinajstić information content (AvgIpc) is 2.77. The van der Waals surface area contributed by atoms with Gasteiger partial charge in [0.25, 0.3) is 5.78 Å². The van der Waals surface area contributed by atoms with E-state index >= 15 is 0 Å². The molecule has 0 saturated heterocycles. The summed E-state index contributed by atoms with van der Waals surface area (Å²) in [5.41, 5.74) is 0.708. The van der Waals surface area contributed by atoms with Crippen molar-refractivity contribution in [3.8, 4) is 0 Å². The van der Waals surface area contributed by atoms with Gasteiger partial charge in [-0.25, -0.2) is 4.79 Å². The number of carbonyl (C=O) groups is 2. The van der Waals surface area contributed by atoms with Gasteiger partial charge in [0.1, 0.15) is 0 Å². The smallest absolute Gasteiger partial charge is 0.379 e. The average molecular weight is 194 g/mol. The van der Waals surface area contributed by atoms with Crippen LogP contribution in [-0.4, -0.2) is 18.4 Å². The summed E-state index contributed by atoms with van der Waals surface area (Å²) < 4.78 is 4.69. The Morgan fingerprint density at radius 3 is 2.79 bits per heavy atom. The van der Waals surface area contributed by atoms with Crippen molar-refractivity contribution in [2.45, 2.75) is 26.2 Å². The summed E-state index contributed by atoms with van der Waals surface area (Å²) in [6.07, 6.45) is 5.25. The van der Waals surface area contributed by atoms with Crippen molar-refractivity contribution in [2.75, 3.05) is 6.61 Å². The normalized spacial score (nSPS) is 28.8. The van der Waals surface area contributed by atoms with Crippen molar-refractivity contribution >= 4 is 11.8 Å². The van der Waals surface area contributed by atoms with Crippen molar-refractivity contribution < 1.29 is 14.3 Å². The molecule has 0 aromatic heterocycles. The van der Waals surface area contributed by atoms with E-state index in [0.29, 0.717) is 17.4 Å². The topological polar surface area (TPSA) is 43.4 Å². The van der Waals surface area contributed by atoms with Crippen LogP contribution in [0.1, 0.15) is 26.2 Å². The molecule has 3 heteroatoms. The maximum absolute atomic E-state index is 11.6. The summed E-state index contributed by atoms with van der Waals surface area (Å²) in [4.78, 5) is 22.8. The minimum Gasteiger partial charge on any atom is -0.460 e. The van der Waals surface area contributed by atoms with E-state index in [4.69, 9.17) is 4.74 Å². The maximum atomic E-state index is 11.6. The van der Waals surface area contributed by atoms with Gasteiger partial charge in [-0.05, 0) is 38.0 Å². The van der Waals surface area contributed by atoms with E-state index in [1.807, 2.05) is 6.08 Å². The van der Waals surface area contributed by atoms with Crippen LogP contribution in [0.25, 0.3) is 0 Å². The standard InChI is InChI=1S/C11H14O3/c1-2-14-11(13)10(12)9-6-7-3-4-8(9)5-7/h6-8H,2-5H2,1H3. The fourth-order valence-electron chi connectivity index (χ4n) is 2.42. The molecule has 0 amide bonds. The van der Waals surface area contributed by atoms with Gasteiger partial charge >= 0.3 is 5.97 Å². The van der Waals surface area contributed by atoms with Crippen LogP contribution in [0.3, 0.4) is 0 Å². The Balaban J connectivity index is 2.06. The van der Waals surface area contributed by atoms with Gasteiger partial charge in [-0.15, -0.1) is 0 Å². The van der Waals surface area contributed by atoms with Crippen molar-refractivity contribution in [1.82, 2.24) is 0 Å². The Labute approximate surface area is 83.1 Å². The Morgan fingerprint density at radius 1 is 1.50 bits per heavy atom. The Hall–Kier alpha value is -1.12. The fraction of sp³-hybridized carbons (Fsp3) is 0.636. The fourth-order valence-corrected chi connectivity index (χ4v) is 2.42. The van der Waals surface area contributed by atoms with Crippen molar-refractivity contribution in [1.29, 1.82) is 0 Å². The van der Waals surface area contributed by atoms with E-state index in [0.717, 1.165) is 12.8 Å². The predicted octanol–water partition coefficient (Wildman–Crippen LogP) is 1.47. The van der Waals surface area contributed by atoms with E-state index in [1.165, 1.54) is 6.42 Å². The van der Waals surface area contributed by atoms with Crippen LogP contribution in [-0.2, 0) is 14.3 Å². The number of hydrogen-bond donors (Lipinski definition) is 0. The van der Waals surface area contributed by atoms with Crippen LogP contribution >= 0.6 is 0 Å². The second-order valence-electron chi connectivity index (χ2n) is 3.94. The number of esters is 1. The minimum atomic E-state index is -0.689. The van der Waals surface area contributed by atoms with Gasteiger partial charge in [-0.3, -0.25) is 4.79 Å². The molecule has 1 saturated carbocycles. The van der Waals surface area contributed by atoms with Gasteiger partial charge in [-0.1, -0.05) is 6.08 Å². The molecule has 0 aliphatic heterocycles. The zero-order valence-corrected chi connectivity index (χ0v) is 8.29. The molecule has 0 aromatic carbocycles. The molecular formula is C11H14O3. The van der Waals surface area contributed by atoms with Crippen LogP contribution < -0.4 is 0 Å². The van der Waals surface area contributed by atoms with E-state index in [9.17, 15) is 9.59 Å². The van der Waals surface area contributed by atoms with E-state index in [1.54, 1.807) is 6.92 Å². The Bertz CT molecular complexity index is 304. The van der Waals surface area contributed by atoms with Crippen LogP contribution in [0.2, 0.25) is 0 Å². The first-order chi connectivity index (χ1) is 6.72. The molecule has 76 valence electrons. The van der Waals surface area contributed by atoms with Gasteiger partial charge < -0.3 is 4.74 Å².